The van der Waals surface area contributed by atoms with Crippen LogP contribution < -0.4 is 5.32 Å². The molecule has 1 fully saturated rings. The van der Waals surface area contributed by atoms with Gasteiger partial charge in [-0.25, -0.2) is 13.8 Å². The third-order valence-electron chi connectivity index (χ3n) is 4.30. The summed E-state index contributed by atoms with van der Waals surface area (Å²) in [6, 6.07) is 3.88. The molecule has 0 bridgehead atoms. The largest absolute Gasteiger partial charge is 0.440 e. The molecule has 136 valence electrons. The van der Waals surface area contributed by atoms with Gasteiger partial charge in [0, 0.05) is 19.1 Å². The van der Waals surface area contributed by atoms with Crippen LogP contribution in [0.15, 0.2) is 21.9 Å². The predicted octanol–water partition coefficient (Wildman–Crippen LogP) is 3.10. The molecule has 3 heterocycles. The maximum atomic E-state index is 12.4. The van der Waals surface area contributed by atoms with Crippen LogP contribution in [0.3, 0.4) is 0 Å². The second-order valence-corrected chi connectivity index (χ2v) is 7.16. The number of carbonyl (C=O) groups excluding carboxylic acids is 1. The summed E-state index contributed by atoms with van der Waals surface area (Å²) < 4.78 is 30.4. The predicted molar refractivity (Wildman–Crippen MR) is 91.9 cm³/mol. The van der Waals surface area contributed by atoms with Crippen LogP contribution in [0.4, 0.5) is 8.78 Å². The van der Waals surface area contributed by atoms with Crippen LogP contribution in [0.5, 0.6) is 0 Å². The van der Waals surface area contributed by atoms with Gasteiger partial charge in [-0.3, -0.25) is 9.69 Å². The molecule has 1 amide bonds. The molecule has 5 nitrogen and oxygen atoms in total. The number of hydrogen-bond acceptors (Lipinski definition) is 5. The Morgan fingerprint density at radius 3 is 2.88 bits per heavy atom. The first kappa shape index (κ1) is 18.0. The number of nitrogens with zero attached hydrogens (tertiary/aromatic N) is 2. The SMILES string of the molecule is Cc1oc(-c2cccs2)nc1CC(=O)NC1CCN(CC(F)F)CC1. The monoisotopic (exact) mass is 369 g/mol. The average molecular weight is 369 g/mol. The molecule has 8 heteroatoms. The van der Waals surface area contributed by atoms with Crippen LogP contribution in [-0.4, -0.2) is 47.9 Å². The molecule has 2 aromatic heterocycles. The van der Waals surface area contributed by atoms with Crippen molar-refractivity contribution >= 4 is 17.2 Å². The first-order valence-electron chi connectivity index (χ1n) is 8.31. The Kier molecular flexibility index (Phi) is 5.80. The van der Waals surface area contributed by atoms with Gasteiger partial charge in [0.15, 0.2) is 0 Å². The normalized spacial score (nSPS) is 16.5. The molecule has 1 saturated heterocycles. The smallest absolute Gasteiger partial charge is 0.251 e. The molecule has 25 heavy (non-hydrogen) atoms. The summed E-state index contributed by atoms with van der Waals surface area (Å²) in [6.07, 6.45) is -0.760. The Morgan fingerprint density at radius 2 is 2.24 bits per heavy atom. The number of likely N-dealkylation sites (tertiary alicyclic amines) is 1. The van der Waals surface area contributed by atoms with E-state index in [2.05, 4.69) is 10.3 Å². The molecule has 0 radical (unpaired) electrons. The zero-order valence-electron chi connectivity index (χ0n) is 14.0. The standard InChI is InChI=1S/C17H21F2N3O2S/c1-11-13(21-17(24-11)14-3-2-8-25-14)9-16(23)20-12-4-6-22(7-5-12)10-15(18)19/h2-3,8,12,15H,4-7,9-10H2,1H3,(H,20,23). The molecule has 0 aromatic carbocycles. The van der Waals surface area contributed by atoms with Gasteiger partial charge in [0.2, 0.25) is 11.8 Å². The molecular formula is C17H21F2N3O2S. The van der Waals surface area contributed by atoms with Crippen molar-refractivity contribution in [1.29, 1.82) is 0 Å². The summed E-state index contributed by atoms with van der Waals surface area (Å²) in [7, 11) is 0. The first-order chi connectivity index (χ1) is 12.0. The fraction of sp³-hybridized carbons (Fsp3) is 0.529. The lowest BCUT2D eigenvalue weighted by Gasteiger charge is -2.32. The molecule has 1 N–H and O–H groups in total. The molecule has 2 aromatic rings. The minimum Gasteiger partial charge on any atom is -0.440 e. The van der Waals surface area contributed by atoms with Crippen molar-refractivity contribution in [3.05, 3.63) is 29.0 Å². The minimum absolute atomic E-state index is 0.0328. The summed E-state index contributed by atoms with van der Waals surface area (Å²) in [5.74, 6) is 1.07. The molecule has 1 aliphatic heterocycles. The van der Waals surface area contributed by atoms with Crippen LogP contribution in [0, 0.1) is 6.92 Å². The molecule has 3 rings (SSSR count). The lowest BCUT2D eigenvalue weighted by Crippen LogP contribution is -2.46. The topological polar surface area (TPSA) is 58.4 Å². The lowest BCUT2D eigenvalue weighted by atomic mass is 10.0. The molecule has 0 spiro atoms. The van der Waals surface area contributed by atoms with E-state index in [1.54, 1.807) is 11.8 Å². The zero-order valence-corrected chi connectivity index (χ0v) is 14.8. The summed E-state index contributed by atoms with van der Waals surface area (Å²) >= 11 is 1.53. The van der Waals surface area contributed by atoms with Gasteiger partial charge in [-0.1, -0.05) is 6.07 Å². The number of alkyl halides is 2. The summed E-state index contributed by atoms with van der Waals surface area (Å²) in [4.78, 5) is 19.4. The highest BCUT2D eigenvalue weighted by Gasteiger charge is 2.23. The first-order valence-corrected chi connectivity index (χ1v) is 9.19. The molecule has 0 saturated carbocycles. The van der Waals surface area contributed by atoms with Crippen LogP contribution in [-0.2, 0) is 11.2 Å². The third kappa shape index (κ3) is 4.85. The van der Waals surface area contributed by atoms with Crippen molar-refractivity contribution in [1.82, 2.24) is 15.2 Å². The summed E-state index contributed by atoms with van der Waals surface area (Å²) in [5, 5.41) is 4.93. The second-order valence-electron chi connectivity index (χ2n) is 6.21. The second kappa shape index (κ2) is 8.05. The zero-order chi connectivity index (χ0) is 17.8. The summed E-state index contributed by atoms with van der Waals surface area (Å²) in [6.45, 7) is 2.78. The molecule has 1 aliphatic rings. The van der Waals surface area contributed by atoms with Gasteiger partial charge in [-0.05, 0) is 31.2 Å². The number of aryl methyl sites for hydroxylation is 1. The number of halogens is 2. The maximum Gasteiger partial charge on any atom is 0.251 e. The number of hydrogen-bond donors (Lipinski definition) is 1. The minimum atomic E-state index is -2.31. The Balaban J connectivity index is 1.50. The Hall–Kier alpha value is -1.80. The number of carbonyl (C=O) groups is 1. The van der Waals surface area contributed by atoms with Crippen LogP contribution in [0.2, 0.25) is 0 Å². The van der Waals surface area contributed by atoms with Gasteiger partial charge in [0.1, 0.15) is 5.76 Å². The van der Waals surface area contributed by atoms with E-state index in [0.29, 0.717) is 43.3 Å². The number of thiophene rings is 1. The number of amides is 1. The lowest BCUT2D eigenvalue weighted by molar-refractivity contribution is -0.121. The van der Waals surface area contributed by atoms with Crippen LogP contribution >= 0.6 is 11.3 Å². The molecule has 0 unspecified atom stereocenters. The number of rotatable bonds is 6. The summed E-state index contributed by atoms with van der Waals surface area (Å²) in [5.41, 5.74) is 0.635. The van der Waals surface area contributed by atoms with E-state index >= 15 is 0 Å². The Bertz CT molecular complexity index is 695. The maximum absolute atomic E-state index is 12.4. The van der Waals surface area contributed by atoms with Gasteiger partial charge in [-0.15, -0.1) is 11.3 Å². The quantitative estimate of drug-likeness (QED) is 0.850. The fourth-order valence-electron chi connectivity index (χ4n) is 2.98. The van der Waals surface area contributed by atoms with E-state index in [1.807, 2.05) is 17.5 Å². The van der Waals surface area contributed by atoms with Crippen molar-refractivity contribution < 1.29 is 18.0 Å². The van der Waals surface area contributed by atoms with Gasteiger partial charge >= 0.3 is 0 Å². The fourth-order valence-corrected chi connectivity index (χ4v) is 3.63. The van der Waals surface area contributed by atoms with Crippen molar-refractivity contribution in [3.8, 4) is 10.8 Å². The van der Waals surface area contributed by atoms with Crippen LogP contribution in [0.1, 0.15) is 24.3 Å². The average Bonchev–Trinajstić information content (AvgIpc) is 3.19. The van der Waals surface area contributed by atoms with E-state index in [4.69, 9.17) is 4.42 Å². The van der Waals surface area contributed by atoms with E-state index in [0.717, 1.165) is 4.88 Å². The van der Waals surface area contributed by atoms with E-state index in [9.17, 15) is 13.6 Å². The highest BCUT2D eigenvalue weighted by molar-refractivity contribution is 7.13. The van der Waals surface area contributed by atoms with Crippen molar-refractivity contribution in [3.63, 3.8) is 0 Å². The van der Waals surface area contributed by atoms with Crippen molar-refractivity contribution in [2.75, 3.05) is 19.6 Å². The highest BCUT2D eigenvalue weighted by atomic mass is 32.1. The molecule has 0 aliphatic carbocycles. The number of oxazole rings is 1. The van der Waals surface area contributed by atoms with Crippen LogP contribution in [0.25, 0.3) is 10.8 Å². The highest BCUT2D eigenvalue weighted by Crippen LogP contribution is 2.26. The Labute approximate surface area is 149 Å². The van der Waals surface area contributed by atoms with E-state index in [1.165, 1.54) is 11.3 Å². The Morgan fingerprint density at radius 1 is 1.48 bits per heavy atom. The van der Waals surface area contributed by atoms with Crippen molar-refractivity contribution in [2.24, 2.45) is 0 Å². The number of aromatic nitrogens is 1. The molecular weight excluding hydrogens is 348 g/mol. The molecule has 0 atom stereocenters. The van der Waals surface area contributed by atoms with Gasteiger partial charge in [0.25, 0.3) is 6.43 Å². The van der Waals surface area contributed by atoms with E-state index in [-0.39, 0.29) is 24.9 Å². The van der Waals surface area contributed by atoms with E-state index < -0.39 is 6.43 Å². The number of nitrogens with one attached hydrogen (secondary N) is 1. The van der Waals surface area contributed by atoms with Gasteiger partial charge in [0.05, 0.1) is 23.5 Å². The van der Waals surface area contributed by atoms with Gasteiger partial charge < -0.3 is 9.73 Å². The van der Waals surface area contributed by atoms with Gasteiger partial charge in [-0.2, -0.15) is 0 Å². The van der Waals surface area contributed by atoms with Crippen molar-refractivity contribution in [2.45, 2.75) is 38.7 Å². The third-order valence-corrected chi connectivity index (χ3v) is 5.16. The number of piperidine rings is 1.